The van der Waals surface area contributed by atoms with Crippen molar-refractivity contribution in [2.24, 2.45) is 0 Å². The number of benzene rings is 1. The van der Waals surface area contributed by atoms with E-state index in [1.165, 1.54) is 21.0 Å². The molecule has 1 aliphatic carbocycles. The number of fused-ring (bicyclic) bond motifs is 6. The summed E-state index contributed by atoms with van der Waals surface area (Å²) in [5, 5.41) is 26.9. The molecule has 2 amide bonds. The number of aliphatic hydroxyl groups is 1. The number of ether oxygens (including phenoxy) is 4. The van der Waals surface area contributed by atoms with E-state index < -0.39 is 65.1 Å². The van der Waals surface area contributed by atoms with Crippen LogP contribution in [0.5, 0.6) is 11.5 Å². The number of rotatable bonds is 8. The fourth-order valence-corrected chi connectivity index (χ4v) is 7.71. The van der Waals surface area contributed by atoms with Crippen LogP contribution in [0.1, 0.15) is 63.8 Å². The molecule has 6 atom stereocenters. The minimum atomic E-state index is -1.01. The van der Waals surface area contributed by atoms with E-state index in [1.807, 2.05) is 24.9 Å². The Bertz CT molecular complexity index is 1690. The van der Waals surface area contributed by atoms with E-state index in [9.17, 15) is 29.5 Å². The van der Waals surface area contributed by atoms with Crippen molar-refractivity contribution >= 4 is 23.6 Å². The van der Waals surface area contributed by atoms with E-state index in [2.05, 4.69) is 21.6 Å². The number of methoxy groups -OCH3 is 2. The van der Waals surface area contributed by atoms with Crippen LogP contribution in [0.3, 0.4) is 0 Å². The Morgan fingerprint density at radius 3 is 2.43 bits per heavy atom. The normalized spacial score (nSPS) is 25.8. The van der Waals surface area contributed by atoms with Crippen molar-refractivity contribution in [1.29, 1.82) is 5.26 Å². The highest BCUT2D eigenvalue weighted by molar-refractivity contribution is 6.24. The Morgan fingerprint density at radius 1 is 1.12 bits per heavy atom. The van der Waals surface area contributed by atoms with Gasteiger partial charge in [-0.15, -0.1) is 0 Å². The average Bonchev–Trinajstić information content (AvgIpc) is 3.03. The summed E-state index contributed by atoms with van der Waals surface area (Å²) in [6, 6.07) is 0.460. The van der Waals surface area contributed by atoms with Gasteiger partial charge >= 0.3 is 6.09 Å². The van der Waals surface area contributed by atoms with Crippen molar-refractivity contribution in [3.63, 3.8) is 0 Å². The molecular formula is C35H45N5O9. The molecule has 0 radical (unpaired) electrons. The first-order chi connectivity index (χ1) is 23.1. The Hall–Kier alpha value is -4.45. The molecule has 1 fully saturated rings. The molecule has 4 aliphatic rings. The summed E-state index contributed by atoms with van der Waals surface area (Å²) >= 11 is 0. The molecule has 0 aromatic heterocycles. The predicted molar refractivity (Wildman–Crippen MR) is 176 cm³/mol. The summed E-state index contributed by atoms with van der Waals surface area (Å²) in [7, 11) is 5.01. The molecule has 3 N–H and O–H groups in total. The van der Waals surface area contributed by atoms with E-state index in [1.54, 1.807) is 27.9 Å². The summed E-state index contributed by atoms with van der Waals surface area (Å²) in [6.45, 7) is 9.71. The van der Waals surface area contributed by atoms with Gasteiger partial charge in [0.2, 0.25) is 11.7 Å². The zero-order valence-electron chi connectivity index (χ0n) is 29.4. The molecule has 1 aromatic carbocycles. The molecule has 0 saturated carbocycles. The number of Topliss-reactive ketones (excluding diaryl/α,β-unsaturated/α-hetero) is 2. The third kappa shape index (κ3) is 6.26. The number of hydrogen-bond acceptors (Lipinski definition) is 12. The molecule has 1 saturated heterocycles. The number of amides is 2. The average molecular weight is 680 g/mol. The number of alkyl carbamates (subject to hydrolysis) is 1. The molecule has 49 heavy (non-hydrogen) atoms. The number of nitriles is 1. The van der Waals surface area contributed by atoms with Crippen LogP contribution in [0.15, 0.2) is 28.5 Å². The quantitative estimate of drug-likeness (QED) is 0.271. The molecule has 264 valence electrons. The minimum Gasteiger partial charge on any atom is -0.504 e. The number of nitrogens with one attached hydrogen (secondary N) is 2. The fraction of sp³-hybridized carbons (Fsp3) is 0.571. The monoisotopic (exact) mass is 679 g/mol. The van der Waals surface area contributed by atoms with Gasteiger partial charge in [0.25, 0.3) is 0 Å². The van der Waals surface area contributed by atoms with Gasteiger partial charge in [-0.2, -0.15) is 5.26 Å². The van der Waals surface area contributed by atoms with Crippen LogP contribution >= 0.6 is 0 Å². The Kier molecular flexibility index (Phi) is 9.84. The third-order valence-electron chi connectivity index (χ3n) is 9.78. The van der Waals surface area contributed by atoms with E-state index in [0.29, 0.717) is 17.9 Å². The number of aryl methyl sites for hydroxylation is 1. The predicted octanol–water partition coefficient (Wildman–Crippen LogP) is 2.54. The highest BCUT2D eigenvalue weighted by Gasteiger charge is 2.58. The maximum Gasteiger partial charge on any atom is 0.408 e. The first kappa shape index (κ1) is 35.8. The van der Waals surface area contributed by atoms with Gasteiger partial charge in [-0.1, -0.05) is 6.07 Å². The number of ketones is 2. The van der Waals surface area contributed by atoms with Crippen molar-refractivity contribution in [3.8, 4) is 17.6 Å². The van der Waals surface area contributed by atoms with Crippen LogP contribution in [-0.4, -0.2) is 109 Å². The summed E-state index contributed by atoms with van der Waals surface area (Å²) in [4.78, 5) is 57.3. The molecule has 3 aliphatic heterocycles. The molecule has 2 bridgehead atoms. The lowest BCUT2D eigenvalue weighted by molar-refractivity contribution is -0.125. The molecule has 0 spiro atoms. The second-order valence-electron chi connectivity index (χ2n) is 14.0. The van der Waals surface area contributed by atoms with Gasteiger partial charge < -0.3 is 34.7 Å². The number of allylic oxidation sites excluding steroid dienone is 2. The third-order valence-corrected chi connectivity index (χ3v) is 9.78. The van der Waals surface area contributed by atoms with E-state index in [0.717, 1.165) is 16.7 Å². The topological polar surface area (TPSA) is 180 Å². The lowest BCUT2D eigenvalue weighted by atomic mass is 9.69. The number of piperazine rings is 1. The lowest BCUT2D eigenvalue weighted by Crippen LogP contribution is -2.71. The number of hydrogen-bond donors (Lipinski definition) is 3. The number of carbonyl (C=O) groups excluding carboxylic acids is 4. The highest BCUT2D eigenvalue weighted by atomic mass is 16.7. The number of likely N-dealkylation sites (N-methyl/N-ethyl adjacent to an activating group) is 1. The van der Waals surface area contributed by atoms with Gasteiger partial charge in [0, 0.05) is 48.0 Å². The summed E-state index contributed by atoms with van der Waals surface area (Å²) < 4.78 is 22.5. The fourth-order valence-electron chi connectivity index (χ4n) is 7.71. The number of aliphatic hydroxyl groups excluding tert-OH is 1. The Morgan fingerprint density at radius 2 is 1.82 bits per heavy atom. The van der Waals surface area contributed by atoms with Gasteiger partial charge in [-0.25, -0.2) is 4.79 Å². The highest BCUT2D eigenvalue weighted by Crippen LogP contribution is 2.54. The van der Waals surface area contributed by atoms with Crippen molar-refractivity contribution in [2.75, 3.05) is 34.6 Å². The SMILES string of the molecule is COCOc1c(OC)c(C)cc2c1[C@@H]1C3CC4=C(C(=O)C(O)=C(C)C4=O)[C@H](CNC(=O)[C@H](C)NC(=O)OC(C)(C)C)N3[C@@H](C#N)[C@H](C2)N1C. The smallest absolute Gasteiger partial charge is 0.408 e. The van der Waals surface area contributed by atoms with Gasteiger partial charge in [0.1, 0.15) is 17.7 Å². The largest absolute Gasteiger partial charge is 0.504 e. The van der Waals surface area contributed by atoms with E-state index >= 15 is 0 Å². The first-order valence-corrected chi connectivity index (χ1v) is 16.3. The summed E-state index contributed by atoms with van der Waals surface area (Å²) in [5.41, 5.74) is 2.11. The maximum atomic E-state index is 13.8. The van der Waals surface area contributed by atoms with Crippen molar-refractivity contribution in [2.45, 2.75) is 96.2 Å². The molecule has 14 nitrogen and oxygen atoms in total. The molecule has 1 aromatic rings. The maximum absolute atomic E-state index is 13.8. The van der Waals surface area contributed by atoms with Crippen LogP contribution in [0, 0.1) is 18.3 Å². The van der Waals surface area contributed by atoms with E-state index in [4.69, 9.17) is 18.9 Å². The zero-order chi connectivity index (χ0) is 36.1. The van der Waals surface area contributed by atoms with E-state index in [-0.39, 0.29) is 42.5 Å². The van der Waals surface area contributed by atoms with Crippen molar-refractivity contribution in [3.05, 3.63) is 45.2 Å². The van der Waals surface area contributed by atoms with Gasteiger partial charge in [-0.05, 0) is 72.6 Å². The summed E-state index contributed by atoms with van der Waals surface area (Å²) in [5.74, 6) is -1.36. The minimum absolute atomic E-state index is 0.0446. The van der Waals surface area contributed by atoms with Gasteiger partial charge in [0.05, 0.1) is 25.3 Å². The Labute approximate surface area is 286 Å². The van der Waals surface area contributed by atoms with Crippen LogP contribution in [-0.2, 0) is 30.3 Å². The first-order valence-electron chi connectivity index (χ1n) is 16.3. The lowest BCUT2D eigenvalue weighted by Gasteiger charge is -2.60. The van der Waals surface area contributed by atoms with Crippen LogP contribution in [0.25, 0.3) is 0 Å². The van der Waals surface area contributed by atoms with Crippen molar-refractivity contribution in [1.82, 2.24) is 20.4 Å². The van der Waals surface area contributed by atoms with Crippen LogP contribution in [0.4, 0.5) is 4.79 Å². The summed E-state index contributed by atoms with van der Waals surface area (Å²) in [6.07, 6.45) is -0.203. The van der Waals surface area contributed by atoms with Crippen LogP contribution < -0.4 is 20.1 Å². The second-order valence-corrected chi connectivity index (χ2v) is 14.0. The second kappa shape index (κ2) is 13.5. The molecule has 14 heteroatoms. The van der Waals surface area contributed by atoms with Gasteiger partial charge in [-0.3, -0.25) is 24.2 Å². The molecule has 5 rings (SSSR count). The molecular weight excluding hydrogens is 634 g/mol. The number of carbonyl (C=O) groups is 4. The Balaban J connectivity index is 1.60. The van der Waals surface area contributed by atoms with Crippen molar-refractivity contribution < 1.29 is 43.2 Å². The van der Waals surface area contributed by atoms with Crippen LogP contribution in [0.2, 0.25) is 0 Å². The molecule has 3 heterocycles. The zero-order valence-corrected chi connectivity index (χ0v) is 29.4. The molecule has 1 unspecified atom stereocenters. The van der Waals surface area contributed by atoms with Gasteiger partial charge in [0.15, 0.2) is 29.8 Å². The standard InChI is InChI=1S/C35H45N5O9/c1-16-10-19-11-21-23(13-36)40-22(27(39(21)7)25(19)32(31(16)47-9)48-15-46-8)12-20-26(30(43)29(42)17(2)28(20)41)24(40)14-37-33(44)18(3)38-34(45)49-35(4,5)6/h10,18,21-24,27,42H,11-12,14-15H2,1-9H3,(H,37,44)(H,38,45)/t18-,21-,22?,23-,24-,27-/m0/s1. The number of nitrogens with zero attached hydrogens (tertiary/aromatic N) is 3.